The fourth-order valence-corrected chi connectivity index (χ4v) is 2.94. The Morgan fingerprint density at radius 3 is 2.35 bits per heavy atom. The first-order valence-electron chi connectivity index (χ1n) is 9.01. The fraction of sp³-hybridized carbons (Fsp3) is 0.429. The summed E-state index contributed by atoms with van der Waals surface area (Å²) in [5.41, 5.74) is 0.940. The zero-order valence-corrected chi connectivity index (χ0v) is 16.2. The van der Waals surface area contributed by atoms with Crippen LogP contribution in [0.2, 0.25) is 0 Å². The molecule has 140 valence electrons. The van der Waals surface area contributed by atoms with Crippen LogP contribution in [0.15, 0.2) is 36.4 Å². The lowest BCUT2D eigenvalue weighted by Crippen LogP contribution is -2.43. The Labute approximate surface area is 155 Å². The molecule has 2 aromatic carbocycles. The predicted octanol–water partition coefficient (Wildman–Crippen LogP) is 3.33. The number of fused-ring (bicyclic) bond motifs is 1. The Bertz CT molecular complexity index is 786. The minimum Gasteiger partial charge on any atom is -0.497 e. The number of methoxy groups -OCH3 is 1. The normalized spacial score (nSPS) is 12.1. The smallest absolute Gasteiger partial charge is 0.239 e. The van der Waals surface area contributed by atoms with Gasteiger partial charge in [0.1, 0.15) is 5.75 Å². The van der Waals surface area contributed by atoms with Gasteiger partial charge in [0.25, 0.3) is 0 Å². The summed E-state index contributed by atoms with van der Waals surface area (Å²) in [6.45, 7) is 8.17. The van der Waals surface area contributed by atoms with Gasteiger partial charge >= 0.3 is 0 Å². The van der Waals surface area contributed by atoms with Gasteiger partial charge in [-0.05, 0) is 56.2 Å². The van der Waals surface area contributed by atoms with Crippen molar-refractivity contribution in [2.45, 2.75) is 39.7 Å². The van der Waals surface area contributed by atoms with E-state index in [2.05, 4.69) is 5.32 Å². The van der Waals surface area contributed by atoms with E-state index in [-0.39, 0.29) is 30.3 Å². The van der Waals surface area contributed by atoms with E-state index in [4.69, 9.17) is 4.74 Å². The van der Waals surface area contributed by atoms with Crippen molar-refractivity contribution in [2.75, 3.05) is 20.2 Å². The summed E-state index contributed by atoms with van der Waals surface area (Å²) >= 11 is 0. The van der Waals surface area contributed by atoms with Crippen molar-refractivity contribution < 1.29 is 14.3 Å². The summed E-state index contributed by atoms with van der Waals surface area (Å²) in [6.07, 6.45) is 0. The first-order chi connectivity index (χ1) is 12.3. The van der Waals surface area contributed by atoms with E-state index >= 15 is 0 Å². The van der Waals surface area contributed by atoms with Gasteiger partial charge in [0, 0.05) is 12.6 Å². The first-order valence-corrected chi connectivity index (χ1v) is 9.01. The van der Waals surface area contributed by atoms with Crippen LogP contribution in [0.5, 0.6) is 5.75 Å². The Hall–Kier alpha value is -2.56. The number of benzene rings is 2. The van der Waals surface area contributed by atoms with Crippen molar-refractivity contribution >= 4 is 22.6 Å². The number of amides is 2. The summed E-state index contributed by atoms with van der Waals surface area (Å²) in [5.74, 6) is 0.322. The van der Waals surface area contributed by atoms with Crippen molar-refractivity contribution in [1.29, 1.82) is 0 Å². The van der Waals surface area contributed by atoms with Crippen LogP contribution < -0.4 is 10.1 Å². The second-order valence-corrected chi connectivity index (χ2v) is 6.77. The van der Waals surface area contributed by atoms with Gasteiger partial charge in [-0.15, -0.1) is 0 Å². The third-order valence-electron chi connectivity index (χ3n) is 4.42. The summed E-state index contributed by atoms with van der Waals surface area (Å²) in [4.78, 5) is 26.5. The highest BCUT2D eigenvalue weighted by atomic mass is 16.5. The maximum atomic E-state index is 12.9. The van der Waals surface area contributed by atoms with Crippen LogP contribution in [0.25, 0.3) is 10.8 Å². The lowest BCUT2D eigenvalue weighted by atomic mass is 9.96. The summed E-state index contributed by atoms with van der Waals surface area (Å²) in [7, 11) is 1.64. The second kappa shape index (κ2) is 8.70. The lowest BCUT2D eigenvalue weighted by Gasteiger charge is -2.25. The standard InChI is InChI=1S/C21H28N2O3/c1-6-23(13-20(24)22-14(2)3)21(25)15(4)16-7-8-18-12-19(26-5)10-9-17(18)11-16/h7-12,14-15H,6,13H2,1-5H3,(H,22,24)/t15-/m1/s1. The largest absolute Gasteiger partial charge is 0.497 e. The summed E-state index contributed by atoms with van der Waals surface area (Å²) < 4.78 is 5.25. The highest BCUT2D eigenvalue weighted by molar-refractivity contribution is 5.90. The molecule has 0 aliphatic rings. The quantitative estimate of drug-likeness (QED) is 0.828. The number of nitrogens with one attached hydrogen (secondary N) is 1. The van der Waals surface area contributed by atoms with Crippen molar-refractivity contribution in [2.24, 2.45) is 0 Å². The molecule has 0 saturated carbocycles. The number of nitrogens with zero attached hydrogens (tertiary/aromatic N) is 1. The zero-order valence-electron chi connectivity index (χ0n) is 16.2. The molecule has 0 aromatic heterocycles. The Kier molecular flexibility index (Phi) is 6.61. The molecule has 0 bridgehead atoms. The highest BCUT2D eigenvalue weighted by Gasteiger charge is 2.23. The van der Waals surface area contributed by atoms with E-state index in [1.165, 1.54) is 0 Å². The molecule has 1 N–H and O–H groups in total. The van der Waals surface area contributed by atoms with Crippen molar-refractivity contribution in [1.82, 2.24) is 10.2 Å². The minimum absolute atomic E-state index is 0.0423. The molecule has 26 heavy (non-hydrogen) atoms. The van der Waals surface area contributed by atoms with E-state index in [9.17, 15) is 9.59 Å². The van der Waals surface area contributed by atoms with Gasteiger partial charge in [-0.3, -0.25) is 9.59 Å². The van der Waals surface area contributed by atoms with Crippen molar-refractivity contribution in [3.8, 4) is 5.75 Å². The van der Waals surface area contributed by atoms with Gasteiger partial charge in [-0.1, -0.05) is 24.3 Å². The predicted molar refractivity (Wildman–Crippen MR) is 104 cm³/mol. The third-order valence-corrected chi connectivity index (χ3v) is 4.42. The van der Waals surface area contributed by atoms with Gasteiger partial charge < -0.3 is 15.0 Å². The SMILES string of the molecule is CCN(CC(=O)NC(C)C)C(=O)[C@H](C)c1ccc2cc(OC)ccc2c1. The fourth-order valence-electron chi connectivity index (χ4n) is 2.94. The molecule has 0 fully saturated rings. The topological polar surface area (TPSA) is 58.6 Å². The molecule has 1 atom stereocenters. The zero-order chi connectivity index (χ0) is 19.3. The second-order valence-electron chi connectivity index (χ2n) is 6.77. The lowest BCUT2D eigenvalue weighted by molar-refractivity contribution is -0.137. The van der Waals surface area contributed by atoms with Crippen molar-refractivity contribution in [3.05, 3.63) is 42.0 Å². The molecule has 2 rings (SSSR count). The van der Waals surface area contributed by atoms with Crippen LogP contribution in [0.3, 0.4) is 0 Å². The van der Waals surface area contributed by atoms with Crippen LogP contribution >= 0.6 is 0 Å². The Balaban J connectivity index is 2.17. The first kappa shape index (κ1) is 19.8. The summed E-state index contributed by atoms with van der Waals surface area (Å²) in [6, 6.07) is 11.9. The number of rotatable bonds is 7. The molecule has 0 heterocycles. The number of hydrogen-bond donors (Lipinski definition) is 1. The van der Waals surface area contributed by atoms with E-state index in [0.29, 0.717) is 6.54 Å². The molecular formula is C21H28N2O3. The summed E-state index contributed by atoms with van der Waals surface area (Å²) in [5, 5.41) is 4.96. The number of hydrogen-bond acceptors (Lipinski definition) is 3. The molecule has 0 radical (unpaired) electrons. The van der Waals surface area contributed by atoms with E-state index in [1.807, 2.05) is 64.1 Å². The molecule has 0 spiro atoms. The molecule has 5 heteroatoms. The van der Waals surface area contributed by atoms with Gasteiger partial charge in [0.2, 0.25) is 11.8 Å². The van der Waals surface area contributed by atoms with E-state index in [1.54, 1.807) is 12.0 Å². The Morgan fingerprint density at radius 2 is 1.73 bits per heavy atom. The van der Waals surface area contributed by atoms with Gasteiger partial charge in [0.05, 0.1) is 19.6 Å². The van der Waals surface area contributed by atoms with Crippen LogP contribution in [-0.2, 0) is 9.59 Å². The molecule has 2 amide bonds. The average Bonchev–Trinajstić information content (AvgIpc) is 2.63. The molecule has 5 nitrogen and oxygen atoms in total. The highest BCUT2D eigenvalue weighted by Crippen LogP contribution is 2.26. The van der Waals surface area contributed by atoms with Crippen molar-refractivity contribution in [3.63, 3.8) is 0 Å². The molecule has 0 aliphatic carbocycles. The van der Waals surface area contributed by atoms with Crippen LogP contribution in [-0.4, -0.2) is 43.0 Å². The van der Waals surface area contributed by atoms with Crippen LogP contribution in [0.1, 0.15) is 39.2 Å². The molecule has 0 unspecified atom stereocenters. The Morgan fingerprint density at radius 1 is 1.08 bits per heavy atom. The maximum absolute atomic E-state index is 12.9. The average molecular weight is 356 g/mol. The monoisotopic (exact) mass is 356 g/mol. The number of ether oxygens (including phenoxy) is 1. The third kappa shape index (κ3) is 4.75. The van der Waals surface area contributed by atoms with Gasteiger partial charge in [-0.25, -0.2) is 0 Å². The van der Waals surface area contributed by atoms with Crippen LogP contribution in [0.4, 0.5) is 0 Å². The molecule has 2 aromatic rings. The van der Waals surface area contributed by atoms with Crippen LogP contribution in [0, 0.1) is 0 Å². The number of likely N-dealkylation sites (N-methyl/N-ethyl adjacent to an activating group) is 1. The van der Waals surface area contributed by atoms with E-state index in [0.717, 1.165) is 22.1 Å². The van der Waals surface area contributed by atoms with Gasteiger partial charge in [-0.2, -0.15) is 0 Å². The molecule has 0 saturated heterocycles. The number of carbonyl (C=O) groups excluding carboxylic acids is 2. The number of carbonyl (C=O) groups is 2. The minimum atomic E-state index is -0.312. The molecular weight excluding hydrogens is 328 g/mol. The molecule has 0 aliphatic heterocycles. The maximum Gasteiger partial charge on any atom is 0.239 e. The van der Waals surface area contributed by atoms with Gasteiger partial charge in [0.15, 0.2) is 0 Å². The van der Waals surface area contributed by atoms with E-state index < -0.39 is 0 Å².